The van der Waals surface area contributed by atoms with Gasteiger partial charge in [-0.15, -0.1) is 0 Å². The Labute approximate surface area is 597 Å². The number of aryl methyl sites for hydroxylation is 12. The number of carboxylic acid groups (broad SMARTS) is 1. The monoisotopic (exact) mass is 1390 g/mol. The number of rotatable bonds is 3. The normalized spacial score (nSPS) is 25.1. The van der Waals surface area contributed by atoms with E-state index >= 15 is 0 Å². The Kier molecular flexibility index (Phi) is 19.9. The number of amides is 6. The summed E-state index contributed by atoms with van der Waals surface area (Å²) in [6, 6.07) is 41.4. The number of alkyl carbamates (subject to hydrolysis) is 3. The van der Waals surface area contributed by atoms with Gasteiger partial charge in [0.2, 0.25) is 0 Å². The standard InChI is InChI=1S/C12H13N3O3.C12H10N2O2.C12H12N2O2.C12H13NO2.C11H13NO2.C11H15NO.C10H10O/c13-10(15-17)8-1-2-9-7(5-8)3-4-12(9)6-18-11(16)14-12;1-13-9-2-3-10-8(6-9)4-5-12(10)7-16-11(15)14-12;1-7-2-3-9-8(6-7)4-5-12(9)10(15)13-11(16)14-12;1-8-2-3-10-9(6-8)4-5-12(10)7-15-11(14)13-12;1-7-2-3-9-8(6-7)4-5-11(9,12)10(13)14;1-8-2-3-10-9(6-8)4-5-11(10,12)7-13;1-7-2-4-9-8(6-7)3-5-10(9)11/h1-2,5,17H,3-4,6H2,(H2,13,15)(H,14,16);2-3,6H,4-5,7H2,(H,14,15);2-3,6H,4-5H2,1H3,(H2,13,14,15,16);2-3,6H,4-5,7H2,1H3,(H,13,14);2-3,6H,4-5,12H2,1H3,(H,13,14);2-3,6,13H,4-5,7,12H2,1H3;2,4,6H,3,5H2,1H3. The van der Waals surface area contributed by atoms with E-state index in [-0.39, 0.29) is 47.7 Å². The third-order valence-electron chi connectivity index (χ3n) is 21.8. The highest BCUT2D eigenvalue weighted by Crippen LogP contribution is 2.45. The Hall–Kier alpha value is -10.9. The molecule has 18 rings (SSSR count). The van der Waals surface area contributed by atoms with Crippen LogP contribution in [0.25, 0.3) is 4.85 Å². The van der Waals surface area contributed by atoms with Crippen molar-refractivity contribution in [2.75, 3.05) is 26.4 Å². The number of nitrogens with two attached hydrogens (primary N) is 3. The average molecular weight is 1400 g/mol. The van der Waals surface area contributed by atoms with Crippen LogP contribution in [0.1, 0.15) is 161 Å². The number of aliphatic hydroxyl groups excluding tert-OH is 1. The quantitative estimate of drug-likeness (QED) is 0.0149. The number of cyclic esters (lactones) is 3. The number of hydrogen-bond acceptors (Lipinski definition) is 15. The molecule has 534 valence electrons. The summed E-state index contributed by atoms with van der Waals surface area (Å²) in [6.07, 6.45) is 10.6. The summed E-state index contributed by atoms with van der Waals surface area (Å²) >= 11 is 0. The van der Waals surface area contributed by atoms with Crippen LogP contribution in [0.3, 0.4) is 0 Å². The number of nitrogens with zero attached hydrogens (tertiary/aromatic N) is 2. The fourth-order valence-corrected chi connectivity index (χ4v) is 16.2. The smallest absolute Gasteiger partial charge is 0.408 e. The molecule has 4 heterocycles. The summed E-state index contributed by atoms with van der Waals surface area (Å²) in [6.45, 7) is 18.5. The first-order chi connectivity index (χ1) is 49.2. The van der Waals surface area contributed by atoms with Crippen LogP contribution in [0.2, 0.25) is 0 Å². The van der Waals surface area contributed by atoms with Crippen LogP contribution in [0.4, 0.5) is 24.9 Å². The van der Waals surface area contributed by atoms with E-state index in [1.807, 2.05) is 86.6 Å². The van der Waals surface area contributed by atoms with E-state index in [0.717, 1.165) is 132 Å². The Balaban J connectivity index is 0.000000114. The summed E-state index contributed by atoms with van der Waals surface area (Å²) in [5.74, 6) is -0.759. The number of nitrogens with one attached hydrogen (secondary N) is 5. The second kappa shape index (κ2) is 28.5. The zero-order chi connectivity index (χ0) is 73.4. The molecule has 6 unspecified atom stereocenters. The molecule has 0 bridgehead atoms. The van der Waals surface area contributed by atoms with Gasteiger partial charge in [0.25, 0.3) is 5.91 Å². The first-order valence-corrected chi connectivity index (χ1v) is 34.7. The van der Waals surface area contributed by atoms with Crippen molar-refractivity contribution in [3.63, 3.8) is 0 Å². The predicted molar refractivity (Wildman–Crippen MR) is 383 cm³/mol. The maximum absolute atomic E-state index is 11.9. The summed E-state index contributed by atoms with van der Waals surface area (Å²) in [5.41, 5.74) is 37.1. The number of urea groups is 1. The highest BCUT2D eigenvalue weighted by molar-refractivity contribution is 6.08. The van der Waals surface area contributed by atoms with Gasteiger partial charge in [0.1, 0.15) is 47.5 Å². The van der Waals surface area contributed by atoms with Crippen LogP contribution in [0.5, 0.6) is 0 Å². The second-order valence-corrected chi connectivity index (χ2v) is 28.8. The predicted octanol–water partition coefficient (Wildman–Crippen LogP) is 10.0. The number of aliphatic carboxylic acids is 1. The Morgan fingerprint density at radius 2 is 0.913 bits per heavy atom. The first-order valence-electron chi connectivity index (χ1n) is 34.7. The van der Waals surface area contributed by atoms with Gasteiger partial charge in [-0.2, -0.15) is 0 Å². The van der Waals surface area contributed by atoms with Crippen molar-refractivity contribution in [2.45, 2.75) is 158 Å². The van der Waals surface area contributed by atoms with E-state index in [4.69, 9.17) is 48.3 Å². The first kappa shape index (κ1) is 71.9. The van der Waals surface area contributed by atoms with Crippen molar-refractivity contribution in [1.29, 1.82) is 0 Å². The fraction of sp³-hybridized carbons (Fsp3) is 0.362. The highest BCUT2D eigenvalue weighted by atomic mass is 16.6. The molecule has 11 aliphatic rings. The van der Waals surface area contributed by atoms with Crippen molar-refractivity contribution in [1.82, 2.24) is 26.6 Å². The van der Waals surface area contributed by atoms with Crippen LogP contribution in [0.15, 0.2) is 133 Å². The SMILES string of the molecule is Cc1ccc2c(c1)CCC2(N)C(=O)O.Cc1ccc2c(c1)CCC2(N)CO.Cc1ccc2c(c1)CCC21COC(=O)N1.Cc1ccc2c(c1)CCC21NC(=O)NC1=O.Cc1ccc2c(c1)CCC2=O.NC(=NO)c1ccc2c(c1)CCC21COC(=O)N1.[C-]#[N+]c1ccc2c(c1)CCC21COC(=O)N1. The number of carboxylic acids is 1. The van der Waals surface area contributed by atoms with Crippen LogP contribution < -0.4 is 43.8 Å². The number of Topliss-reactive ketones (excluding diaryl/α,β-unsaturated/α-hetero) is 1. The van der Waals surface area contributed by atoms with Crippen LogP contribution in [-0.4, -0.2) is 89.7 Å². The lowest BCUT2D eigenvalue weighted by Gasteiger charge is -2.22. The number of ketones is 1. The molecule has 0 aromatic heterocycles. The van der Waals surface area contributed by atoms with Crippen molar-refractivity contribution < 1.29 is 63.2 Å². The minimum atomic E-state index is -1.16. The largest absolute Gasteiger partial charge is 0.480 e. The molecule has 7 aliphatic carbocycles. The Bertz CT molecular complexity index is 4700. The van der Waals surface area contributed by atoms with Gasteiger partial charge < -0.3 is 68.1 Å². The lowest BCUT2D eigenvalue weighted by atomic mass is 9.91. The molecule has 0 radical (unpaired) electrons. The van der Waals surface area contributed by atoms with E-state index in [1.165, 1.54) is 44.5 Å². The molecule has 0 saturated carbocycles. The van der Waals surface area contributed by atoms with Crippen LogP contribution in [0, 0.1) is 41.2 Å². The molecular weight excluding hydrogens is 1310 g/mol. The molecule has 7 aromatic carbocycles. The van der Waals surface area contributed by atoms with Crippen molar-refractivity contribution >= 4 is 53.5 Å². The van der Waals surface area contributed by atoms with Crippen molar-refractivity contribution in [3.8, 4) is 0 Å². The number of amidine groups is 1. The van der Waals surface area contributed by atoms with Gasteiger partial charge in [-0.05, 0) is 191 Å². The minimum Gasteiger partial charge on any atom is -0.480 e. The number of benzene rings is 7. The zero-order valence-electron chi connectivity index (χ0n) is 58.4. The maximum Gasteiger partial charge on any atom is 0.408 e. The molecule has 14 N–H and O–H groups in total. The Morgan fingerprint density at radius 3 is 1.40 bits per heavy atom. The number of aliphatic hydroxyl groups is 1. The lowest BCUT2D eigenvalue weighted by molar-refractivity contribution is -0.143. The fourth-order valence-electron chi connectivity index (χ4n) is 16.2. The number of imide groups is 1. The van der Waals surface area contributed by atoms with Crippen LogP contribution in [-0.2, 0) is 102 Å². The topological polar surface area (TPSA) is 363 Å². The zero-order valence-corrected chi connectivity index (χ0v) is 58.4. The van der Waals surface area contributed by atoms with Gasteiger partial charge in [-0.1, -0.05) is 160 Å². The molecule has 23 nitrogen and oxygen atoms in total. The number of ether oxygens (including phenoxy) is 3. The number of hydrogen-bond donors (Lipinski definition) is 11. The third kappa shape index (κ3) is 14.1. The summed E-state index contributed by atoms with van der Waals surface area (Å²) in [5, 5.41) is 43.7. The molecule has 4 fully saturated rings. The number of carbonyl (C=O) groups excluding carboxylic acids is 6. The van der Waals surface area contributed by atoms with Gasteiger partial charge in [0.15, 0.2) is 17.3 Å². The molecule has 103 heavy (non-hydrogen) atoms. The summed E-state index contributed by atoms with van der Waals surface area (Å²) < 4.78 is 15.0. The second-order valence-electron chi connectivity index (χ2n) is 28.8. The highest BCUT2D eigenvalue weighted by Gasteiger charge is 2.52. The Morgan fingerprint density at radius 1 is 0.495 bits per heavy atom. The van der Waals surface area contributed by atoms with E-state index in [0.29, 0.717) is 56.1 Å². The average Bonchev–Trinajstić information content (AvgIpc) is 1.63. The number of carbonyl (C=O) groups is 7. The molecule has 6 amide bonds. The van der Waals surface area contributed by atoms with Gasteiger partial charge in [-0.3, -0.25) is 14.9 Å². The van der Waals surface area contributed by atoms with E-state index in [9.17, 15) is 38.7 Å². The lowest BCUT2D eigenvalue weighted by Crippen LogP contribution is -2.42. The van der Waals surface area contributed by atoms with Crippen LogP contribution >= 0.6 is 0 Å². The number of oxime groups is 1. The molecular formula is C80H86N10O13. The van der Waals surface area contributed by atoms with Crippen molar-refractivity contribution in [3.05, 3.63) is 250 Å². The third-order valence-corrected chi connectivity index (χ3v) is 21.8. The maximum atomic E-state index is 11.9. The number of fused-ring (bicyclic) bond motifs is 11. The molecule has 4 spiro atoms. The minimum absolute atomic E-state index is 0.0447. The summed E-state index contributed by atoms with van der Waals surface area (Å²) in [4.78, 5) is 82.3. The van der Waals surface area contributed by atoms with Gasteiger partial charge in [0.05, 0.1) is 18.7 Å². The van der Waals surface area contributed by atoms with E-state index in [1.54, 1.807) is 12.1 Å². The van der Waals surface area contributed by atoms with Gasteiger partial charge in [0, 0.05) is 17.5 Å². The van der Waals surface area contributed by atoms with E-state index < -0.39 is 34.2 Å². The molecule has 7 aromatic rings. The molecule has 4 saturated heterocycles. The van der Waals surface area contributed by atoms with Gasteiger partial charge >= 0.3 is 30.3 Å². The molecule has 4 aliphatic heterocycles. The van der Waals surface area contributed by atoms with E-state index in [2.05, 4.69) is 99.8 Å². The molecule has 23 heteroatoms. The summed E-state index contributed by atoms with van der Waals surface area (Å²) in [7, 11) is 0. The van der Waals surface area contributed by atoms with Gasteiger partial charge in [-0.25, -0.2) is 28.8 Å². The molecule has 6 atom stereocenters. The van der Waals surface area contributed by atoms with Crippen molar-refractivity contribution in [2.24, 2.45) is 22.4 Å².